The summed E-state index contributed by atoms with van der Waals surface area (Å²) >= 11 is 0. The fourth-order valence-electron chi connectivity index (χ4n) is 8.69. The summed E-state index contributed by atoms with van der Waals surface area (Å²) in [6.07, 6.45) is 2.71. The van der Waals surface area contributed by atoms with Gasteiger partial charge in [-0.2, -0.15) is 0 Å². The summed E-state index contributed by atoms with van der Waals surface area (Å²) in [7, 11) is -2.33. The zero-order chi connectivity index (χ0) is 41.1. The van der Waals surface area contributed by atoms with Gasteiger partial charge in [0.1, 0.15) is 29.2 Å². The molecular weight excluding hydrogens is 763 g/mol. The number of hydrogen-bond acceptors (Lipinski definition) is 10. The van der Waals surface area contributed by atoms with Gasteiger partial charge in [0, 0.05) is 48.4 Å². The van der Waals surface area contributed by atoms with Crippen molar-refractivity contribution >= 4 is 44.6 Å². The molecule has 8 rings (SSSR count). The largest absolute Gasteiger partial charge is 0.497 e. The van der Waals surface area contributed by atoms with Crippen molar-refractivity contribution in [3.63, 3.8) is 0 Å². The molecule has 3 aliphatic heterocycles. The van der Waals surface area contributed by atoms with Gasteiger partial charge in [0.25, 0.3) is 5.91 Å². The highest BCUT2D eigenvalue weighted by molar-refractivity contribution is 7.91. The van der Waals surface area contributed by atoms with Crippen LogP contribution in [-0.2, 0) is 33.9 Å². The molecule has 2 saturated carbocycles. The van der Waals surface area contributed by atoms with E-state index in [0.29, 0.717) is 54.1 Å². The molecule has 4 amide bonds. The number of ether oxygens (including phenoxy) is 3. The molecule has 0 spiro atoms. The quantitative estimate of drug-likeness (QED) is 0.241. The molecule has 2 aromatic carbocycles. The summed E-state index contributed by atoms with van der Waals surface area (Å²) in [5, 5.41) is 2.93. The number of fused-ring (bicyclic) bond motifs is 3. The van der Waals surface area contributed by atoms with Gasteiger partial charge < -0.3 is 29.3 Å². The van der Waals surface area contributed by atoms with E-state index in [2.05, 4.69) is 16.6 Å². The first-order valence-electron chi connectivity index (χ1n) is 20.0. The van der Waals surface area contributed by atoms with Crippen LogP contribution in [0.3, 0.4) is 0 Å². The van der Waals surface area contributed by atoms with Gasteiger partial charge in [-0.3, -0.25) is 23.9 Å². The predicted octanol–water partition coefficient (Wildman–Crippen LogP) is 3.98. The molecule has 0 radical (unpaired) electrons. The molecule has 15 heteroatoms. The van der Waals surface area contributed by atoms with E-state index in [4.69, 9.17) is 19.2 Å². The molecule has 2 bridgehead atoms. The molecule has 3 aromatic rings. The van der Waals surface area contributed by atoms with Crippen molar-refractivity contribution in [2.24, 2.45) is 17.3 Å². The second-order valence-corrected chi connectivity index (χ2v) is 19.4. The van der Waals surface area contributed by atoms with Crippen LogP contribution in [0, 0.1) is 17.3 Å². The third kappa shape index (κ3) is 7.66. The Kier molecular flexibility index (Phi) is 10.3. The van der Waals surface area contributed by atoms with Crippen LogP contribution >= 0.6 is 0 Å². The highest BCUT2D eigenvalue weighted by Gasteiger charge is 2.62. The van der Waals surface area contributed by atoms with E-state index in [9.17, 15) is 27.6 Å². The number of rotatable bonds is 13. The maximum Gasteiger partial charge on any atom is 0.259 e. The Labute approximate surface area is 338 Å². The third-order valence-corrected chi connectivity index (χ3v) is 14.2. The number of benzene rings is 2. The number of hydrogen-bond donors (Lipinski definition) is 2. The number of likely N-dealkylation sites (tertiary alicyclic amines) is 2. The third-order valence-electron chi connectivity index (χ3n) is 12.4. The molecule has 3 saturated heterocycles. The standard InChI is InChI=1S/C43H51N5O9S/c1-6-26-21-43(26,41(52)46-58(53,54)31-13-14-31)45-39(50)36-18-30(23-48(36)40(51)33(42(2,3)4)19-38(49)47-22-29-16-27(47)24-56-29)57-37-20-34(25-10-8-7-9-11-25)44-35-17-28(55-5)12-15-32(35)37/h6-12,15,17,20,26-27,29-31,33,36H,1,13-14,16,18-19,21-24H2,2-5H3,(H,45,50)(H,46,52)/t26-,27?,29?,30-,33-,36+,43-/m1/s1. The van der Waals surface area contributed by atoms with Crippen LogP contribution in [0.4, 0.5) is 0 Å². The van der Waals surface area contributed by atoms with Crippen LogP contribution in [0.1, 0.15) is 59.3 Å². The van der Waals surface area contributed by atoms with E-state index < -0.39 is 62.0 Å². The molecule has 2 aliphatic carbocycles. The molecule has 5 aliphatic rings. The molecule has 4 heterocycles. The molecular formula is C43H51N5O9S. The molecule has 58 heavy (non-hydrogen) atoms. The van der Waals surface area contributed by atoms with Crippen molar-refractivity contribution in [1.29, 1.82) is 0 Å². The first-order chi connectivity index (χ1) is 27.6. The number of pyridine rings is 1. The summed E-state index contributed by atoms with van der Waals surface area (Å²) in [6.45, 7) is 10.5. The summed E-state index contributed by atoms with van der Waals surface area (Å²) in [6, 6.07) is 15.8. The smallest absolute Gasteiger partial charge is 0.259 e. The Balaban J connectivity index is 1.11. The Bertz CT molecular complexity index is 2260. The number of methoxy groups -OCH3 is 1. The minimum absolute atomic E-state index is 0.000615. The average Bonchev–Trinajstić information content (AvgIpc) is 4.04. The number of nitrogens with zero attached hydrogens (tertiary/aromatic N) is 3. The molecule has 308 valence electrons. The fourth-order valence-corrected chi connectivity index (χ4v) is 10.1. The Morgan fingerprint density at radius 2 is 1.81 bits per heavy atom. The van der Waals surface area contributed by atoms with Crippen molar-refractivity contribution in [1.82, 2.24) is 24.8 Å². The Morgan fingerprint density at radius 3 is 2.43 bits per heavy atom. The Morgan fingerprint density at radius 1 is 1.05 bits per heavy atom. The second-order valence-electron chi connectivity index (χ2n) is 17.4. The fraction of sp³-hybridized carbons (Fsp3) is 0.512. The van der Waals surface area contributed by atoms with Crippen LogP contribution in [-0.4, -0.2) is 109 Å². The van der Waals surface area contributed by atoms with Crippen LogP contribution in [0.5, 0.6) is 11.5 Å². The summed E-state index contributed by atoms with van der Waals surface area (Å²) in [4.78, 5) is 65.2. The van der Waals surface area contributed by atoms with E-state index >= 15 is 0 Å². The maximum absolute atomic E-state index is 14.9. The number of carbonyl (C=O) groups is 4. The van der Waals surface area contributed by atoms with Gasteiger partial charge in [-0.15, -0.1) is 6.58 Å². The lowest BCUT2D eigenvalue weighted by Gasteiger charge is -2.36. The van der Waals surface area contributed by atoms with Crippen molar-refractivity contribution < 1.29 is 41.8 Å². The number of sulfonamides is 1. The first-order valence-corrected chi connectivity index (χ1v) is 21.6. The van der Waals surface area contributed by atoms with Gasteiger partial charge in [-0.05, 0) is 43.2 Å². The van der Waals surface area contributed by atoms with Crippen molar-refractivity contribution in [2.75, 3.05) is 26.8 Å². The zero-order valence-corrected chi connectivity index (χ0v) is 34.1. The van der Waals surface area contributed by atoms with Crippen LogP contribution in [0.2, 0.25) is 0 Å². The Hall–Kier alpha value is -5.02. The van der Waals surface area contributed by atoms with E-state index in [1.807, 2.05) is 80.3 Å². The van der Waals surface area contributed by atoms with E-state index in [1.54, 1.807) is 7.11 Å². The highest BCUT2D eigenvalue weighted by atomic mass is 32.2. The number of amides is 4. The second kappa shape index (κ2) is 15.0. The van der Waals surface area contributed by atoms with Crippen LogP contribution in [0.25, 0.3) is 22.2 Å². The van der Waals surface area contributed by atoms with Gasteiger partial charge in [-0.25, -0.2) is 13.4 Å². The van der Waals surface area contributed by atoms with E-state index in [0.717, 1.165) is 12.0 Å². The lowest BCUT2D eigenvalue weighted by Crippen LogP contribution is -2.57. The minimum atomic E-state index is -3.91. The van der Waals surface area contributed by atoms with Crippen molar-refractivity contribution in [3.05, 3.63) is 67.3 Å². The topological polar surface area (TPSA) is 174 Å². The average molecular weight is 814 g/mol. The SMILES string of the molecule is C=C[C@@H]1C[C@]1(NC(=O)[C@@H]1C[C@@H](Oc2cc(-c3ccccc3)nc3cc(OC)ccc23)CN1C(=O)[C@@H](CC(=O)N1CC2CC1CO2)C(C)(C)C)C(=O)NS(=O)(=O)C1CC1. The molecule has 2 unspecified atom stereocenters. The lowest BCUT2D eigenvalue weighted by atomic mass is 9.77. The van der Waals surface area contributed by atoms with E-state index in [-0.39, 0.29) is 49.8 Å². The number of morpholine rings is 1. The molecule has 5 fully saturated rings. The molecule has 14 nitrogen and oxygen atoms in total. The maximum atomic E-state index is 14.9. The number of nitrogens with one attached hydrogen (secondary N) is 2. The number of carbonyl (C=O) groups excluding carboxylic acids is 4. The van der Waals surface area contributed by atoms with Gasteiger partial charge in [0.2, 0.25) is 27.7 Å². The zero-order valence-electron chi connectivity index (χ0n) is 33.3. The van der Waals surface area contributed by atoms with Crippen LogP contribution in [0.15, 0.2) is 67.3 Å². The minimum Gasteiger partial charge on any atom is -0.497 e. The van der Waals surface area contributed by atoms with Gasteiger partial charge in [0.15, 0.2) is 0 Å². The monoisotopic (exact) mass is 813 g/mol. The van der Waals surface area contributed by atoms with Crippen LogP contribution < -0.4 is 19.5 Å². The normalized spacial score (nSPS) is 26.9. The predicted molar refractivity (Wildman–Crippen MR) is 215 cm³/mol. The first kappa shape index (κ1) is 39.8. The lowest BCUT2D eigenvalue weighted by molar-refractivity contribution is -0.149. The number of aromatic nitrogens is 1. The van der Waals surface area contributed by atoms with Gasteiger partial charge >= 0.3 is 0 Å². The molecule has 2 N–H and O–H groups in total. The van der Waals surface area contributed by atoms with E-state index in [1.165, 1.54) is 11.0 Å². The molecule has 7 atom stereocenters. The van der Waals surface area contributed by atoms with Gasteiger partial charge in [-0.1, -0.05) is 57.2 Å². The van der Waals surface area contributed by atoms with Crippen molar-refractivity contribution in [2.45, 2.75) is 94.4 Å². The molecule has 1 aromatic heterocycles. The van der Waals surface area contributed by atoms with Crippen molar-refractivity contribution in [3.8, 4) is 22.8 Å². The highest BCUT2D eigenvalue weighted by Crippen LogP contribution is 2.46. The summed E-state index contributed by atoms with van der Waals surface area (Å²) in [5.74, 6) is -2.16. The summed E-state index contributed by atoms with van der Waals surface area (Å²) < 4.78 is 45.8. The van der Waals surface area contributed by atoms with Gasteiger partial charge in [0.05, 0.1) is 54.8 Å². The summed E-state index contributed by atoms with van der Waals surface area (Å²) in [5.41, 5.74) is -0.0730.